The van der Waals surface area contributed by atoms with Gasteiger partial charge in [0.25, 0.3) is 0 Å². The molecular weight excluding hydrogens is 462 g/mol. The number of hydrogen-bond donors (Lipinski definition) is 1. The second kappa shape index (κ2) is 9.66. The summed E-state index contributed by atoms with van der Waals surface area (Å²) in [5, 5.41) is 2.94. The van der Waals surface area contributed by atoms with Gasteiger partial charge in [0.1, 0.15) is 4.90 Å². The molecule has 0 bridgehead atoms. The van der Waals surface area contributed by atoms with E-state index < -0.39 is 32.5 Å². The van der Waals surface area contributed by atoms with E-state index in [1.165, 1.54) is 47.8 Å². The maximum atomic E-state index is 13.0. The van der Waals surface area contributed by atoms with Crippen molar-refractivity contribution in [2.24, 2.45) is 0 Å². The monoisotopic (exact) mass is 485 g/mol. The van der Waals surface area contributed by atoms with Crippen LogP contribution in [-0.2, 0) is 24.8 Å². The zero-order valence-corrected chi connectivity index (χ0v) is 19.4. The van der Waals surface area contributed by atoms with Crippen LogP contribution in [0.1, 0.15) is 19.3 Å². The molecule has 1 fully saturated rings. The molecule has 1 saturated heterocycles. The van der Waals surface area contributed by atoms with Crippen molar-refractivity contribution in [2.75, 3.05) is 32.0 Å². The highest BCUT2D eigenvalue weighted by atomic mass is 35.5. The number of rotatable bonds is 7. The fraction of sp³-hybridized carbons (Fsp3) is 0.350. The van der Waals surface area contributed by atoms with E-state index in [2.05, 4.69) is 5.32 Å². The van der Waals surface area contributed by atoms with Crippen LogP contribution in [0.2, 0.25) is 5.02 Å². The molecule has 31 heavy (non-hydrogen) atoms. The highest BCUT2D eigenvalue weighted by Gasteiger charge is 2.29. The number of amides is 1. The molecule has 1 aliphatic heterocycles. The van der Waals surface area contributed by atoms with Crippen molar-refractivity contribution in [2.45, 2.75) is 29.1 Å². The zero-order valence-electron chi connectivity index (χ0n) is 17.0. The van der Waals surface area contributed by atoms with Crippen LogP contribution in [0, 0.1) is 0 Å². The Morgan fingerprint density at radius 2 is 1.61 bits per heavy atom. The van der Waals surface area contributed by atoms with Gasteiger partial charge in [-0.1, -0.05) is 30.2 Å². The Morgan fingerprint density at radius 1 is 1.00 bits per heavy atom. The molecule has 2 aromatic carbocycles. The highest BCUT2D eigenvalue weighted by molar-refractivity contribution is 7.89. The van der Waals surface area contributed by atoms with Crippen LogP contribution in [-0.4, -0.2) is 58.0 Å². The van der Waals surface area contributed by atoms with Gasteiger partial charge in [0, 0.05) is 25.2 Å². The summed E-state index contributed by atoms with van der Waals surface area (Å²) in [4.78, 5) is 12.6. The van der Waals surface area contributed by atoms with Gasteiger partial charge in [-0.05, 0) is 49.2 Å². The van der Waals surface area contributed by atoms with Crippen molar-refractivity contribution in [1.82, 2.24) is 8.61 Å². The number of benzene rings is 2. The summed E-state index contributed by atoms with van der Waals surface area (Å²) in [5.41, 5.74) is 0.121. The summed E-state index contributed by atoms with van der Waals surface area (Å²) in [6, 6.07) is 11.7. The van der Waals surface area contributed by atoms with Crippen LogP contribution in [0.5, 0.6) is 0 Å². The molecule has 0 unspecified atom stereocenters. The van der Waals surface area contributed by atoms with E-state index >= 15 is 0 Å². The van der Waals surface area contributed by atoms with Crippen LogP contribution in [0.3, 0.4) is 0 Å². The summed E-state index contributed by atoms with van der Waals surface area (Å²) in [5.74, 6) is -0.652. The van der Waals surface area contributed by atoms with Crippen LogP contribution >= 0.6 is 11.6 Å². The first-order valence-electron chi connectivity index (χ1n) is 9.73. The maximum Gasteiger partial charge on any atom is 0.245 e. The Bertz CT molecular complexity index is 1150. The van der Waals surface area contributed by atoms with E-state index in [1.54, 1.807) is 12.1 Å². The maximum absolute atomic E-state index is 13.0. The van der Waals surface area contributed by atoms with Gasteiger partial charge >= 0.3 is 0 Å². The minimum atomic E-state index is -3.91. The summed E-state index contributed by atoms with van der Waals surface area (Å²) in [7, 11) is -6.40. The van der Waals surface area contributed by atoms with Gasteiger partial charge in [0.2, 0.25) is 26.0 Å². The number of piperidine rings is 1. The van der Waals surface area contributed by atoms with E-state index in [-0.39, 0.29) is 15.5 Å². The van der Waals surface area contributed by atoms with Gasteiger partial charge < -0.3 is 5.32 Å². The molecule has 0 aliphatic carbocycles. The average molecular weight is 486 g/mol. The molecule has 1 heterocycles. The predicted octanol–water partition coefficient (Wildman–Crippen LogP) is 2.77. The molecule has 1 aliphatic rings. The topological polar surface area (TPSA) is 104 Å². The van der Waals surface area contributed by atoms with E-state index in [0.717, 1.165) is 23.6 Å². The quantitative estimate of drug-likeness (QED) is 0.649. The average Bonchev–Trinajstić information content (AvgIpc) is 2.75. The SMILES string of the molecule is CN(CC(=O)Nc1ccccc1S(=O)(=O)N1CCCCC1)S(=O)(=O)c1ccc(Cl)cc1. The number of halogens is 1. The molecule has 2 aromatic rings. The first-order chi connectivity index (χ1) is 14.6. The molecule has 11 heteroatoms. The van der Waals surface area contributed by atoms with Gasteiger partial charge in [-0.2, -0.15) is 8.61 Å². The van der Waals surface area contributed by atoms with E-state index in [1.807, 2.05) is 0 Å². The van der Waals surface area contributed by atoms with Crippen molar-refractivity contribution in [3.8, 4) is 0 Å². The molecule has 8 nitrogen and oxygen atoms in total. The smallest absolute Gasteiger partial charge is 0.245 e. The van der Waals surface area contributed by atoms with Crippen molar-refractivity contribution in [3.05, 3.63) is 53.6 Å². The van der Waals surface area contributed by atoms with Crippen LogP contribution < -0.4 is 5.32 Å². The zero-order chi connectivity index (χ0) is 22.6. The normalized spacial score (nSPS) is 15.7. The first-order valence-corrected chi connectivity index (χ1v) is 13.0. The summed E-state index contributed by atoms with van der Waals surface area (Å²) in [6.45, 7) is 0.391. The van der Waals surface area contributed by atoms with Crippen molar-refractivity contribution >= 4 is 43.2 Å². The third-order valence-electron chi connectivity index (χ3n) is 4.98. The van der Waals surface area contributed by atoms with Crippen LogP contribution in [0.15, 0.2) is 58.3 Å². The summed E-state index contributed by atoms with van der Waals surface area (Å²) < 4.78 is 53.7. The molecular formula is C20H24ClN3O5S2. The Balaban J connectivity index is 1.76. The lowest BCUT2D eigenvalue weighted by atomic mass is 10.2. The third-order valence-corrected chi connectivity index (χ3v) is 9.01. The molecule has 0 aromatic heterocycles. The Kier molecular flexibility index (Phi) is 7.38. The predicted molar refractivity (Wildman–Crippen MR) is 119 cm³/mol. The minimum absolute atomic E-state index is 0.000256. The number of hydrogen-bond acceptors (Lipinski definition) is 5. The number of nitrogens with zero attached hydrogens (tertiary/aromatic N) is 2. The fourth-order valence-electron chi connectivity index (χ4n) is 3.30. The number of likely N-dealkylation sites (N-methyl/N-ethyl adjacent to an activating group) is 1. The largest absolute Gasteiger partial charge is 0.324 e. The standard InChI is InChI=1S/C20H24ClN3O5S2/c1-23(30(26,27)17-11-9-16(21)10-12-17)15-20(25)22-18-7-3-4-8-19(18)31(28,29)24-13-5-2-6-14-24/h3-4,7-12H,2,5-6,13-15H2,1H3,(H,22,25). The molecule has 1 amide bonds. The molecule has 0 atom stereocenters. The lowest BCUT2D eigenvalue weighted by Crippen LogP contribution is -2.37. The van der Waals surface area contributed by atoms with E-state index in [0.29, 0.717) is 18.1 Å². The van der Waals surface area contributed by atoms with Crippen LogP contribution in [0.4, 0.5) is 5.69 Å². The molecule has 0 spiro atoms. The molecule has 1 N–H and O–H groups in total. The summed E-state index contributed by atoms with van der Waals surface area (Å²) >= 11 is 5.80. The Morgan fingerprint density at radius 3 is 2.26 bits per heavy atom. The molecule has 0 radical (unpaired) electrons. The Labute approximate surface area is 187 Å². The lowest BCUT2D eigenvalue weighted by Gasteiger charge is -2.27. The summed E-state index contributed by atoms with van der Waals surface area (Å²) in [6.07, 6.45) is 2.57. The van der Waals surface area contributed by atoms with E-state index in [4.69, 9.17) is 11.6 Å². The van der Waals surface area contributed by atoms with Crippen LogP contribution in [0.25, 0.3) is 0 Å². The Hall–Kier alpha value is -1.98. The van der Waals surface area contributed by atoms with Gasteiger partial charge in [-0.25, -0.2) is 16.8 Å². The molecule has 3 rings (SSSR count). The first kappa shape index (κ1) is 23.7. The molecule has 0 saturated carbocycles. The number of para-hydroxylation sites is 1. The molecule has 168 valence electrons. The lowest BCUT2D eigenvalue weighted by molar-refractivity contribution is -0.116. The van der Waals surface area contributed by atoms with Gasteiger partial charge in [-0.15, -0.1) is 0 Å². The second-order valence-corrected chi connectivity index (χ2v) is 11.6. The van der Waals surface area contributed by atoms with Crippen molar-refractivity contribution in [1.29, 1.82) is 0 Å². The number of sulfonamides is 2. The van der Waals surface area contributed by atoms with Gasteiger partial charge in [0.15, 0.2) is 0 Å². The minimum Gasteiger partial charge on any atom is -0.324 e. The van der Waals surface area contributed by atoms with E-state index in [9.17, 15) is 21.6 Å². The van der Waals surface area contributed by atoms with Gasteiger partial charge in [-0.3, -0.25) is 4.79 Å². The number of carbonyl (C=O) groups excluding carboxylic acids is 1. The van der Waals surface area contributed by atoms with Crippen molar-refractivity contribution in [3.63, 3.8) is 0 Å². The number of nitrogens with one attached hydrogen (secondary N) is 1. The number of carbonyl (C=O) groups is 1. The number of anilines is 1. The third kappa shape index (κ3) is 5.45. The fourth-order valence-corrected chi connectivity index (χ4v) is 6.22. The second-order valence-electron chi connectivity index (χ2n) is 7.22. The highest BCUT2D eigenvalue weighted by Crippen LogP contribution is 2.27. The van der Waals surface area contributed by atoms with Gasteiger partial charge in [0.05, 0.1) is 17.1 Å². The van der Waals surface area contributed by atoms with Crippen molar-refractivity contribution < 1.29 is 21.6 Å².